The predicted octanol–water partition coefficient (Wildman–Crippen LogP) is 4.11. The van der Waals surface area contributed by atoms with Gasteiger partial charge in [0.2, 0.25) is 21.8 Å². The number of carbonyl (C=O) groups excluding carboxylic acids is 2. The summed E-state index contributed by atoms with van der Waals surface area (Å²) in [6, 6.07) is 9.01. The van der Waals surface area contributed by atoms with Crippen molar-refractivity contribution in [3.63, 3.8) is 0 Å². The lowest BCUT2D eigenvalue weighted by Crippen LogP contribution is -2.49. The van der Waals surface area contributed by atoms with E-state index in [-0.39, 0.29) is 43.4 Å². The second-order valence-electron chi connectivity index (χ2n) is 8.00. The summed E-state index contributed by atoms with van der Waals surface area (Å²) in [6.45, 7) is 4.05. The molecule has 2 aromatic carbocycles. The molecule has 7 nitrogen and oxygen atoms in total. The Morgan fingerprint density at radius 2 is 1.71 bits per heavy atom. The van der Waals surface area contributed by atoms with E-state index in [4.69, 9.17) is 11.6 Å². The fraction of sp³-hybridized carbons (Fsp3) is 0.417. The van der Waals surface area contributed by atoms with Gasteiger partial charge in [-0.05, 0) is 49.6 Å². The minimum Gasteiger partial charge on any atom is -0.355 e. The van der Waals surface area contributed by atoms with Crippen LogP contribution in [0.1, 0.15) is 38.7 Å². The first-order valence-electron chi connectivity index (χ1n) is 11.2. The van der Waals surface area contributed by atoms with Gasteiger partial charge in [0.05, 0.1) is 11.9 Å². The Hall–Kier alpha value is -2.72. The number of carbonyl (C=O) groups is 2. The number of benzene rings is 2. The third-order valence-corrected chi connectivity index (χ3v) is 6.79. The first-order chi connectivity index (χ1) is 16.5. The number of nitrogens with zero attached hydrogens (tertiary/aromatic N) is 2. The normalized spacial score (nSPS) is 12.2. The molecule has 2 rings (SSSR count). The highest BCUT2D eigenvalue weighted by Crippen LogP contribution is 2.22. The van der Waals surface area contributed by atoms with E-state index in [1.807, 2.05) is 0 Å². The molecule has 0 saturated heterocycles. The van der Waals surface area contributed by atoms with Gasteiger partial charge in [-0.25, -0.2) is 17.2 Å². The van der Waals surface area contributed by atoms with Crippen molar-refractivity contribution in [3.05, 3.63) is 64.7 Å². The smallest absolute Gasteiger partial charge is 0.242 e. The minimum atomic E-state index is -3.82. The van der Waals surface area contributed by atoms with Gasteiger partial charge in [0.1, 0.15) is 6.04 Å². The topological polar surface area (TPSA) is 86.8 Å². The summed E-state index contributed by atoms with van der Waals surface area (Å²) in [5, 5.41) is 3.29. The fourth-order valence-corrected chi connectivity index (χ4v) is 4.73. The minimum absolute atomic E-state index is 0.0365. The van der Waals surface area contributed by atoms with Crippen LogP contribution in [0, 0.1) is 11.6 Å². The summed E-state index contributed by atoms with van der Waals surface area (Å²) in [4.78, 5) is 27.3. The Morgan fingerprint density at radius 1 is 1.06 bits per heavy atom. The monoisotopic (exact) mass is 529 g/mol. The Balaban J connectivity index is 2.21. The third kappa shape index (κ3) is 8.17. The van der Waals surface area contributed by atoms with Gasteiger partial charge < -0.3 is 10.2 Å². The average molecular weight is 530 g/mol. The molecule has 11 heteroatoms. The lowest BCUT2D eigenvalue weighted by molar-refractivity contribution is -0.141. The van der Waals surface area contributed by atoms with Crippen molar-refractivity contribution in [2.24, 2.45) is 0 Å². The number of anilines is 1. The lowest BCUT2D eigenvalue weighted by atomic mass is 10.1. The highest BCUT2D eigenvalue weighted by molar-refractivity contribution is 7.92. The molecule has 1 atom stereocenters. The zero-order valence-corrected chi connectivity index (χ0v) is 21.5. The van der Waals surface area contributed by atoms with Crippen LogP contribution in [-0.4, -0.2) is 50.5 Å². The van der Waals surface area contributed by atoms with Crippen molar-refractivity contribution in [1.29, 1.82) is 0 Å². The van der Waals surface area contributed by atoms with Crippen molar-refractivity contribution < 1.29 is 26.8 Å². The summed E-state index contributed by atoms with van der Waals surface area (Å²) in [7, 11) is -3.82. The maximum atomic E-state index is 13.7. The van der Waals surface area contributed by atoms with E-state index in [1.54, 1.807) is 38.1 Å². The van der Waals surface area contributed by atoms with Gasteiger partial charge in [0, 0.05) is 37.1 Å². The van der Waals surface area contributed by atoms with Gasteiger partial charge in [-0.3, -0.25) is 13.9 Å². The van der Waals surface area contributed by atoms with Crippen LogP contribution in [0.2, 0.25) is 5.02 Å². The summed E-state index contributed by atoms with van der Waals surface area (Å²) in [5.74, 6) is -2.88. The zero-order valence-electron chi connectivity index (χ0n) is 19.9. The maximum Gasteiger partial charge on any atom is 0.242 e. The van der Waals surface area contributed by atoms with E-state index >= 15 is 0 Å². The molecule has 0 fully saturated rings. The van der Waals surface area contributed by atoms with E-state index in [2.05, 4.69) is 5.32 Å². The molecule has 0 aromatic heterocycles. The van der Waals surface area contributed by atoms with Crippen LogP contribution in [0.15, 0.2) is 42.5 Å². The molecule has 0 aliphatic rings. The van der Waals surface area contributed by atoms with Crippen molar-refractivity contribution in [3.8, 4) is 0 Å². The van der Waals surface area contributed by atoms with Crippen molar-refractivity contribution >= 4 is 39.1 Å². The summed E-state index contributed by atoms with van der Waals surface area (Å²) < 4.78 is 52.5. The average Bonchev–Trinajstić information content (AvgIpc) is 2.79. The van der Waals surface area contributed by atoms with Crippen LogP contribution < -0.4 is 9.62 Å². The van der Waals surface area contributed by atoms with E-state index in [9.17, 15) is 26.8 Å². The molecule has 2 amide bonds. The van der Waals surface area contributed by atoms with Crippen molar-refractivity contribution in [1.82, 2.24) is 10.2 Å². The van der Waals surface area contributed by atoms with Gasteiger partial charge in [-0.1, -0.05) is 30.7 Å². The fourth-order valence-electron chi connectivity index (χ4n) is 3.64. The molecule has 0 heterocycles. The number of hydrogen-bond acceptors (Lipinski definition) is 4. The first kappa shape index (κ1) is 28.5. The van der Waals surface area contributed by atoms with E-state index in [1.165, 1.54) is 4.90 Å². The van der Waals surface area contributed by atoms with Crippen LogP contribution in [0.5, 0.6) is 0 Å². The van der Waals surface area contributed by atoms with Crippen LogP contribution >= 0.6 is 11.6 Å². The van der Waals surface area contributed by atoms with Gasteiger partial charge in [-0.15, -0.1) is 0 Å². The molecule has 0 bridgehead atoms. The molecule has 0 radical (unpaired) electrons. The number of halogens is 3. The summed E-state index contributed by atoms with van der Waals surface area (Å²) >= 11 is 5.95. The van der Waals surface area contributed by atoms with Crippen LogP contribution in [0.3, 0.4) is 0 Å². The Morgan fingerprint density at radius 3 is 2.26 bits per heavy atom. The van der Waals surface area contributed by atoms with Gasteiger partial charge in [-0.2, -0.15) is 0 Å². The molecule has 1 unspecified atom stereocenters. The Kier molecular flexibility index (Phi) is 10.5. The number of sulfonamides is 1. The molecular weight excluding hydrogens is 500 g/mol. The van der Waals surface area contributed by atoms with Crippen molar-refractivity contribution in [2.75, 3.05) is 23.7 Å². The van der Waals surface area contributed by atoms with Crippen LogP contribution in [0.4, 0.5) is 14.5 Å². The van der Waals surface area contributed by atoms with Crippen LogP contribution in [-0.2, 0) is 26.2 Å². The number of nitrogens with one attached hydrogen (secondary N) is 1. The molecular formula is C24H30ClF2N3O4S. The van der Waals surface area contributed by atoms with E-state index in [0.717, 1.165) is 34.3 Å². The van der Waals surface area contributed by atoms with Gasteiger partial charge in [0.25, 0.3) is 0 Å². The highest BCUT2D eigenvalue weighted by Gasteiger charge is 2.28. The molecule has 35 heavy (non-hydrogen) atoms. The molecule has 0 aliphatic heterocycles. The molecule has 192 valence electrons. The van der Waals surface area contributed by atoms with Crippen LogP contribution in [0.25, 0.3) is 0 Å². The molecule has 0 spiro atoms. The Bertz CT molecular complexity index is 1130. The zero-order chi connectivity index (χ0) is 26.2. The van der Waals surface area contributed by atoms with Crippen molar-refractivity contribution in [2.45, 2.75) is 45.7 Å². The predicted molar refractivity (Wildman–Crippen MR) is 133 cm³/mol. The highest BCUT2D eigenvalue weighted by atomic mass is 35.5. The molecule has 0 saturated carbocycles. The van der Waals surface area contributed by atoms with E-state index < -0.39 is 27.7 Å². The maximum absolute atomic E-state index is 13.7. The Labute approximate surface area is 210 Å². The van der Waals surface area contributed by atoms with E-state index in [0.29, 0.717) is 18.0 Å². The van der Waals surface area contributed by atoms with Gasteiger partial charge >= 0.3 is 0 Å². The quantitative estimate of drug-likeness (QED) is 0.448. The largest absolute Gasteiger partial charge is 0.355 e. The number of hydrogen-bond donors (Lipinski definition) is 1. The SMILES string of the molecule is CCNC(=O)C(CC)N(Cc1ccc(Cl)cc1)C(=O)CCCN(c1ccc(F)c(F)c1)S(C)(=O)=O. The lowest BCUT2D eigenvalue weighted by Gasteiger charge is -2.31. The molecule has 1 N–H and O–H groups in total. The summed E-state index contributed by atoms with van der Waals surface area (Å²) in [5.41, 5.74) is 0.746. The standard InChI is InChI=1S/C24H30ClF2N3O4S/c1-4-22(24(32)28-5-2)29(16-17-8-10-18(25)11-9-17)23(31)7-6-14-30(35(3,33)34)19-12-13-20(26)21(27)15-19/h8-13,15,22H,4-7,14,16H2,1-3H3,(H,28,32). The molecule has 2 aromatic rings. The second kappa shape index (κ2) is 12.8. The number of rotatable bonds is 12. The second-order valence-corrected chi connectivity index (χ2v) is 10.3. The molecule has 0 aliphatic carbocycles. The number of likely N-dealkylation sites (N-methyl/N-ethyl adjacent to an activating group) is 1. The number of amides is 2. The third-order valence-electron chi connectivity index (χ3n) is 5.35. The van der Waals surface area contributed by atoms with Gasteiger partial charge in [0.15, 0.2) is 11.6 Å². The summed E-state index contributed by atoms with van der Waals surface area (Å²) in [6.07, 6.45) is 1.38. The first-order valence-corrected chi connectivity index (χ1v) is 13.4.